The van der Waals surface area contributed by atoms with Crippen molar-refractivity contribution in [1.29, 1.82) is 0 Å². The Hall–Kier alpha value is -2.31. The van der Waals surface area contributed by atoms with E-state index in [1.165, 1.54) is 29.2 Å². The SMILES string of the molecule is CC[C@@H](C)NC(=O)[C@@H](C)N(Cc1ccc(Cl)cc1Cl)C(=O)COc1ccc(F)cc1. The lowest BCUT2D eigenvalue weighted by molar-refractivity contribution is -0.142. The Morgan fingerprint density at radius 1 is 1.13 bits per heavy atom. The Labute approximate surface area is 186 Å². The lowest BCUT2D eigenvalue weighted by Crippen LogP contribution is -2.50. The molecular formula is C22H25Cl2FN2O3. The summed E-state index contributed by atoms with van der Waals surface area (Å²) in [4.78, 5) is 27.0. The maximum absolute atomic E-state index is 13.1. The van der Waals surface area contributed by atoms with E-state index in [1.54, 1.807) is 25.1 Å². The van der Waals surface area contributed by atoms with Gasteiger partial charge in [-0.05, 0) is 62.2 Å². The van der Waals surface area contributed by atoms with Crippen molar-refractivity contribution in [1.82, 2.24) is 10.2 Å². The Bertz CT molecular complexity index is 877. The number of amides is 2. The van der Waals surface area contributed by atoms with Gasteiger partial charge in [0, 0.05) is 22.6 Å². The highest BCUT2D eigenvalue weighted by atomic mass is 35.5. The highest BCUT2D eigenvalue weighted by Crippen LogP contribution is 2.23. The molecule has 0 aliphatic heterocycles. The highest BCUT2D eigenvalue weighted by molar-refractivity contribution is 6.35. The quantitative estimate of drug-likeness (QED) is 0.589. The number of carbonyl (C=O) groups is 2. The zero-order valence-electron chi connectivity index (χ0n) is 17.1. The lowest BCUT2D eigenvalue weighted by Gasteiger charge is -2.30. The van der Waals surface area contributed by atoms with Gasteiger partial charge in [0.1, 0.15) is 17.6 Å². The van der Waals surface area contributed by atoms with E-state index in [0.29, 0.717) is 21.4 Å². The average Bonchev–Trinajstić information content (AvgIpc) is 2.72. The first-order valence-electron chi connectivity index (χ1n) is 9.63. The first kappa shape index (κ1) is 24.0. The second-order valence-corrected chi connectivity index (χ2v) is 7.84. The minimum atomic E-state index is -0.755. The van der Waals surface area contributed by atoms with Gasteiger partial charge in [-0.15, -0.1) is 0 Å². The van der Waals surface area contributed by atoms with Crippen LogP contribution in [-0.4, -0.2) is 35.4 Å². The van der Waals surface area contributed by atoms with Gasteiger partial charge in [0.15, 0.2) is 6.61 Å². The fourth-order valence-electron chi connectivity index (χ4n) is 2.64. The Morgan fingerprint density at radius 3 is 2.40 bits per heavy atom. The van der Waals surface area contributed by atoms with E-state index in [0.717, 1.165) is 6.42 Å². The largest absolute Gasteiger partial charge is 0.484 e. The van der Waals surface area contributed by atoms with Crippen LogP contribution in [0.25, 0.3) is 0 Å². The van der Waals surface area contributed by atoms with Crippen LogP contribution in [0.3, 0.4) is 0 Å². The second-order valence-electron chi connectivity index (χ2n) is 6.99. The van der Waals surface area contributed by atoms with E-state index in [9.17, 15) is 14.0 Å². The third-order valence-electron chi connectivity index (χ3n) is 4.70. The predicted octanol–water partition coefficient (Wildman–Crippen LogP) is 4.84. The van der Waals surface area contributed by atoms with Crippen LogP contribution in [-0.2, 0) is 16.1 Å². The van der Waals surface area contributed by atoms with Gasteiger partial charge in [-0.3, -0.25) is 9.59 Å². The summed E-state index contributed by atoms with van der Waals surface area (Å²) in [6, 6.07) is 9.54. The van der Waals surface area contributed by atoms with Crippen molar-refractivity contribution in [2.75, 3.05) is 6.61 Å². The fraction of sp³-hybridized carbons (Fsp3) is 0.364. The van der Waals surface area contributed by atoms with Crippen LogP contribution >= 0.6 is 23.2 Å². The normalized spacial score (nSPS) is 12.7. The van der Waals surface area contributed by atoms with Crippen molar-refractivity contribution >= 4 is 35.0 Å². The van der Waals surface area contributed by atoms with Crippen molar-refractivity contribution in [2.24, 2.45) is 0 Å². The van der Waals surface area contributed by atoms with Crippen molar-refractivity contribution in [3.8, 4) is 5.75 Å². The molecule has 0 bridgehead atoms. The predicted molar refractivity (Wildman–Crippen MR) is 116 cm³/mol. The summed E-state index contributed by atoms with van der Waals surface area (Å²) in [5.41, 5.74) is 0.652. The molecule has 0 aliphatic rings. The number of benzene rings is 2. The second kappa shape index (κ2) is 11.2. The molecule has 2 aromatic rings. The van der Waals surface area contributed by atoms with Gasteiger partial charge >= 0.3 is 0 Å². The van der Waals surface area contributed by atoms with Gasteiger partial charge in [0.25, 0.3) is 5.91 Å². The van der Waals surface area contributed by atoms with Gasteiger partial charge in [-0.1, -0.05) is 36.2 Å². The van der Waals surface area contributed by atoms with Crippen LogP contribution in [0.1, 0.15) is 32.8 Å². The van der Waals surface area contributed by atoms with Crippen molar-refractivity contribution in [2.45, 2.75) is 45.8 Å². The summed E-state index contributed by atoms with van der Waals surface area (Å²) >= 11 is 12.2. The molecule has 2 atom stereocenters. The summed E-state index contributed by atoms with van der Waals surface area (Å²) in [5, 5.41) is 3.76. The summed E-state index contributed by atoms with van der Waals surface area (Å²) in [7, 11) is 0. The molecule has 2 rings (SSSR count). The van der Waals surface area contributed by atoms with E-state index in [4.69, 9.17) is 27.9 Å². The molecule has 30 heavy (non-hydrogen) atoms. The summed E-state index contributed by atoms with van der Waals surface area (Å²) in [5.74, 6) is -0.726. The number of hydrogen-bond donors (Lipinski definition) is 1. The molecule has 0 aliphatic carbocycles. The topological polar surface area (TPSA) is 58.6 Å². The molecule has 1 N–H and O–H groups in total. The van der Waals surface area contributed by atoms with Crippen molar-refractivity contribution in [3.63, 3.8) is 0 Å². The Balaban J connectivity index is 2.18. The first-order valence-corrected chi connectivity index (χ1v) is 10.4. The van der Waals surface area contributed by atoms with Crippen LogP contribution in [0.5, 0.6) is 5.75 Å². The molecule has 0 saturated heterocycles. The monoisotopic (exact) mass is 454 g/mol. The van der Waals surface area contributed by atoms with Crippen molar-refractivity contribution < 1.29 is 18.7 Å². The zero-order chi connectivity index (χ0) is 22.3. The Kier molecular flexibility index (Phi) is 8.93. The maximum Gasteiger partial charge on any atom is 0.261 e. The van der Waals surface area contributed by atoms with E-state index in [1.807, 2.05) is 13.8 Å². The van der Waals surface area contributed by atoms with Crippen LogP contribution < -0.4 is 10.1 Å². The summed E-state index contributed by atoms with van der Waals surface area (Å²) in [6.45, 7) is 5.30. The van der Waals surface area contributed by atoms with Gasteiger partial charge in [0.2, 0.25) is 5.91 Å². The molecular weight excluding hydrogens is 430 g/mol. The van der Waals surface area contributed by atoms with Gasteiger partial charge in [0.05, 0.1) is 0 Å². The molecule has 162 valence electrons. The van der Waals surface area contributed by atoms with Crippen LogP contribution in [0, 0.1) is 5.82 Å². The van der Waals surface area contributed by atoms with E-state index in [-0.39, 0.29) is 25.1 Å². The molecule has 0 unspecified atom stereocenters. The molecule has 0 aromatic heterocycles. The molecule has 0 saturated carbocycles. The highest BCUT2D eigenvalue weighted by Gasteiger charge is 2.27. The maximum atomic E-state index is 13.1. The van der Waals surface area contributed by atoms with Gasteiger partial charge in [-0.25, -0.2) is 4.39 Å². The smallest absolute Gasteiger partial charge is 0.261 e. The number of carbonyl (C=O) groups excluding carboxylic acids is 2. The molecule has 5 nitrogen and oxygen atoms in total. The minimum absolute atomic E-state index is 0.0218. The molecule has 0 radical (unpaired) electrons. The van der Waals surface area contributed by atoms with Crippen LogP contribution in [0.4, 0.5) is 4.39 Å². The fourth-order valence-corrected chi connectivity index (χ4v) is 3.11. The number of nitrogens with one attached hydrogen (secondary N) is 1. The number of rotatable bonds is 9. The van der Waals surface area contributed by atoms with E-state index in [2.05, 4.69) is 5.32 Å². The average molecular weight is 455 g/mol. The van der Waals surface area contributed by atoms with Crippen molar-refractivity contribution in [3.05, 3.63) is 63.9 Å². The van der Waals surface area contributed by atoms with Crippen LogP contribution in [0.15, 0.2) is 42.5 Å². The standard InChI is InChI=1S/C22H25Cl2FN2O3/c1-4-14(2)26-22(29)15(3)27(12-16-5-6-17(23)11-20(16)24)21(28)13-30-19-9-7-18(25)8-10-19/h5-11,14-15H,4,12-13H2,1-3H3,(H,26,29)/t14-,15-/m1/s1. The number of ether oxygens (including phenoxy) is 1. The summed E-state index contributed by atoms with van der Waals surface area (Å²) in [6.07, 6.45) is 0.767. The van der Waals surface area contributed by atoms with Crippen LogP contribution in [0.2, 0.25) is 10.0 Å². The Morgan fingerprint density at radius 2 is 1.80 bits per heavy atom. The number of halogens is 3. The lowest BCUT2D eigenvalue weighted by atomic mass is 10.1. The molecule has 2 aromatic carbocycles. The third-order valence-corrected chi connectivity index (χ3v) is 5.29. The summed E-state index contributed by atoms with van der Waals surface area (Å²) < 4.78 is 18.5. The number of nitrogens with zero attached hydrogens (tertiary/aromatic N) is 1. The zero-order valence-corrected chi connectivity index (χ0v) is 18.6. The minimum Gasteiger partial charge on any atom is -0.484 e. The first-order chi connectivity index (χ1) is 14.2. The number of hydrogen-bond acceptors (Lipinski definition) is 3. The molecule has 0 spiro atoms. The van der Waals surface area contributed by atoms with Gasteiger partial charge in [-0.2, -0.15) is 0 Å². The molecule has 2 amide bonds. The van der Waals surface area contributed by atoms with E-state index < -0.39 is 17.8 Å². The third kappa shape index (κ3) is 6.89. The molecule has 0 fully saturated rings. The van der Waals surface area contributed by atoms with E-state index >= 15 is 0 Å². The van der Waals surface area contributed by atoms with Gasteiger partial charge < -0.3 is 15.0 Å². The molecule has 0 heterocycles. The molecule has 8 heteroatoms.